The van der Waals surface area contributed by atoms with Crippen molar-refractivity contribution in [2.45, 2.75) is 65.3 Å². The van der Waals surface area contributed by atoms with Gasteiger partial charge in [-0.2, -0.15) is 0 Å². The summed E-state index contributed by atoms with van der Waals surface area (Å²) in [4.78, 5) is 0. The van der Waals surface area contributed by atoms with Crippen LogP contribution in [0.4, 0.5) is 0 Å². The Bertz CT molecular complexity index is 609. The maximum atomic E-state index is 6.57. The van der Waals surface area contributed by atoms with Crippen LogP contribution in [0.15, 0.2) is 42.5 Å². The summed E-state index contributed by atoms with van der Waals surface area (Å²) >= 11 is 0. The molecule has 0 atom stereocenters. The maximum absolute atomic E-state index is 6.57. The minimum atomic E-state index is -2.41. The van der Waals surface area contributed by atoms with Gasteiger partial charge in [0.25, 0.3) is 0 Å². The normalized spacial score (nSPS) is 12.0. The largest absolute Gasteiger partial charge is 0.391 e. The van der Waals surface area contributed by atoms with Crippen molar-refractivity contribution in [3.8, 4) is 0 Å². The van der Waals surface area contributed by atoms with Gasteiger partial charge in [-0.3, -0.25) is 0 Å². The lowest BCUT2D eigenvalue weighted by Crippen LogP contribution is -2.54. The van der Waals surface area contributed by atoms with E-state index in [1.807, 2.05) is 0 Å². The molecular formula is C22H34O2Si. The molecule has 0 unspecified atom stereocenters. The van der Waals surface area contributed by atoms with Crippen LogP contribution in [0.5, 0.6) is 0 Å². The highest BCUT2D eigenvalue weighted by molar-refractivity contribution is 6.83. The lowest BCUT2D eigenvalue weighted by molar-refractivity contribution is 0.175. The van der Waals surface area contributed by atoms with Crippen molar-refractivity contribution in [2.24, 2.45) is 0 Å². The van der Waals surface area contributed by atoms with Gasteiger partial charge in [0.15, 0.2) is 0 Å². The van der Waals surface area contributed by atoms with Gasteiger partial charge in [-0.05, 0) is 29.7 Å². The molecule has 0 saturated heterocycles. The molecule has 0 amide bonds. The zero-order chi connectivity index (χ0) is 18.0. The van der Waals surface area contributed by atoms with Crippen LogP contribution in [-0.2, 0) is 8.85 Å². The van der Waals surface area contributed by atoms with E-state index in [9.17, 15) is 0 Å². The second kappa shape index (κ2) is 10.7. The average molecular weight is 359 g/mol. The first-order chi connectivity index (χ1) is 12.3. The first-order valence-electron chi connectivity index (χ1n) is 10.0. The van der Waals surface area contributed by atoms with Crippen LogP contribution in [0, 0.1) is 0 Å². The molecule has 0 aliphatic rings. The van der Waals surface area contributed by atoms with Gasteiger partial charge in [0.1, 0.15) is 0 Å². The van der Waals surface area contributed by atoms with Crippen LogP contribution in [0.1, 0.15) is 59.3 Å². The van der Waals surface area contributed by atoms with E-state index in [2.05, 4.69) is 63.2 Å². The van der Waals surface area contributed by atoms with E-state index in [1.165, 1.54) is 41.6 Å². The Hall–Kier alpha value is -1.16. The maximum Gasteiger partial charge on any atom is 0.372 e. The lowest BCUT2D eigenvalue weighted by Gasteiger charge is -2.31. The highest BCUT2D eigenvalue weighted by Crippen LogP contribution is 2.21. The van der Waals surface area contributed by atoms with E-state index >= 15 is 0 Å². The molecule has 0 fully saturated rings. The zero-order valence-electron chi connectivity index (χ0n) is 16.2. The molecule has 0 spiro atoms. The molecule has 0 radical (unpaired) electrons. The minimum Gasteiger partial charge on any atom is -0.391 e. The third-order valence-electron chi connectivity index (χ3n) is 4.83. The summed E-state index contributed by atoms with van der Waals surface area (Å²) in [7, 11) is -2.41. The van der Waals surface area contributed by atoms with Crippen molar-refractivity contribution in [1.29, 1.82) is 0 Å². The molecule has 0 aliphatic heterocycles. The van der Waals surface area contributed by atoms with E-state index in [0.29, 0.717) is 0 Å². The van der Waals surface area contributed by atoms with Gasteiger partial charge in [0.2, 0.25) is 0 Å². The van der Waals surface area contributed by atoms with Crippen LogP contribution < -0.4 is 5.19 Å². The monoisotopic (exact) mass is 358 g/mol. The quantitative estimate of drug-likeness (QED) is 0.346. The lowest BCUT2D eigenvalue weighted by atomic mass is 10.1. The van der Waals surface area contributed by atoms with Crippen LogP contribution in [0.3, 0.4) is 0 Å². The van der Waals surface area contributed by atoms with Crippen LogP contribution in [0.25, 0.3) is 10.8 Å². The molecule has 2 rings (SSSR count). The Labute approximate surface area is 154 Å². The average Bonchev–Trinajstić information content (AvgIpc) is 2.67. The van der Waals surface area contributed by atoms with Gasteiger partial charge in [0, 0.05) is 18.4 Å². The van der Waals surface area contributed by atoms with Crippen molar-refractivity contribution in [3.63, 3.8) is 0 Å². The van der Waals surface area contributed by atoms with E-state index in [-0.39, 0.29) is 0 Å². The highest BCUT2D eigenvalue weighted by atomic mass is 28.4. The number of fused-ring (bicyclic) bond motifs is 1. The van der Waals surface area contributed by atoms with E-state index in [1.54, 1.807) is 0 Å². The number of hydrogen-bond donors (Lipinski definition) is 0. The fourth-order valence-electron chi connectivity index (χ4n) is 3.33. The summed E-state index contributed by atoms with van der Waals surface area (Å²) in [6.45, 7) is 8.32. The molecule has 138 valence electrons. The Morgan fingerprint density at radius 3 is 1.92 bits per heavy atom. The SMILES string of the molecule is CCCCCO[Si](CC)(OCCCCC)c1cccc2ccccc12. The third-order valence-corrected chi connectivity index (χ3v) is 8.36. The van der Waals surface area contributed by atoms with Gasteiger partial charge in [-0.15, -0.1) is 0 Å². The molecule has 0 bridgehead atoms. The second-order valence-electron chi connectivity index (χ2n) is 6.74. The van der Waals surface area contributed by atoms with Crippen LogP contribution in [-0.4, -0.2) is 21.8 Å². The van der Waals surface area contributed by atoms with Crippen molar-refractivity contribution in [1.82, 2.24) is 0 Å². The Morgan fingerprint density at radius 2 is 1.32 bits per heavy atom. The fraction of sp³-hybridized carbons (Fsp3) is 0.545. The van der Waals surface area contributed by atoms with Crippen LogP contribution >= 0.6 is 0 Å². The van der Waals surface area contributed by atoms with E-state index < -0.39 is 8.56 Å². The van der Waals surface area contributed by atoms with E-state index in [4.69, 9.17) is 8.85 Å². The fourth-order valence-corrected chi connectivity index (χ4v) is 6.45. The predicted molar refractivity (Wildman–Crippen MR) is 111 cm³/mol. The first kappa shape index (κ1) is 20.2. The summed E-state index contributed by atoms with van der Waals surface area (Å²) in [5.41, 5.74) is 0. The summed E-state index contributed by atoms with van der Waals surface area (Å²) in [6.07, 6.45) is 7.12. The topological polar surface area (TPSA) is 18.5 Å². The van der Waals surface area contributed by atoms with Gasteiger partial charge < -0.3 is 8.85 Å². The number of benzene rings is 2. The number of unbranched alkanes of at least 4 members (excludes halogenated alkanes) is 4. The van der Waals surface area contributed by atoms with Crippen molar-refractivity contribution in [3.05, 3.63) is 42.5 Å². The zero-order valence-corrected chi connectivity index (χ0v) is 17.2. The van der Waals surface area contributed by atoms with Crippen LogP contribution in [0.2, 0.25) is 6.04 Å². The number of rotatable bonds is 12. The molecule has 25 heavy (non-hydrogen) atoms. The highest BCUT2D eigenvalue weighted by Gasteiger charge is 2.39. The predicted octanol–water partition coefficient (Wildman–Crippen LogP) is 5.92. The molecule has 0 N–H and O–H groups in total. The molecule has 2 aromatic rings. The van der Waals surface area contributed by atoms with Crippen molar-refractivity contribution in [2.75, 3.05) is 13.2 Å². The van der Waals surface area contributed by atoms with Crippen molar-refractivity contribution >= 4 is 24.5 Å². The molecule has 3 heteroatoms. The van der Waals surface area contributed by atoms with Gasteiger partial charge >= 0.3 is 8.56 Å². The Kier molecular flexibility index (Phi) is 8.66. The van der Waals surface area contributed by atoms with Gasteiger partial charge in [0.05, 0.1) is 0 Å². The smallest absolute Gasteiger partial charge is 0.372 e. The molecule has 0 aromatic heterocycles. The summed E-state index contributed by atoms with van der Waals surface area (Å²) in [5, 5.41) is 3.88. The standard InChI is InChI=1S/C22H34O2Si/c1-4-7-11-18-23-25(6-3,24-19-12-8-5-2)22-17-13-15-20-14-9-10-16-21(20)22/h9-10,13-17H,4-8,11-12,18-19H2,1-3H3. The molecule has 2 nitrogen and oxygen atoms in total. The Balaban J connectivity index is 2.30. The summed E-state index contributed by atoms with van der Waals surface area (Å²) in [5.74, 6) is 0. The minimum absolute atomic E-state index is 0.810. The van der Waals surface area contributed by atoms with Gasteiger partial charge in [-0.25, -0.2) is 0 Å². The number of hydrogen-bond acceptors (Lipinski definition) is 2. The van der Waals surface area contributed by atoms with Crippen molar-refractivity contribution < 1.29 is 8.85 Å². The van der Waals surface area contributed by atoms with E-state index in [0.717, 1.165) is 32.1 Å². The molecule has 2 aromatic carbocycles. The molecular weight excluding hydrogens is 324 g/mol. The Morgan fingerprint density at radius 1 is 0.720 bits per heavy atom. The summed E-state index contributed by atoms with van der Waals surface area (Å²) in [6, 6.07) is 16.1. The third kappa shape index (κ3) is 5.40. The molecule has 0 heterocycles. The molecule has 0 aliphatic carbocycles. The first-order valence-corrected chi connectivity index (χ1v) is 12.1. The van der Waals surface area contributed by atoms with Gasteiger partial charge in [-0.1, -0.05) is 88.9 Å². The summed E-state index contributed by atoms with van der Waals surface area (Å²) < 4.78 is 13.1. The second-order valence-corrected chi connectivity index (χ2v) is 10.1. The molecule has 0 saturated carbocycles.